The molecule has 9 nitrogen and oxygen atoms in total. The zero-order valence-corrected chi connectivity index (χ0v) is 23.2. The van der Waals surface area contributed by atoms with Crippen molar-refractivity contribution in [1.29, 1.82) is 0 Å². The highest BCUT2D eigenvalue weighted by Crippen LogP contribution is 2.22. The number of carbonyl (C=O) groups is 2. The molecule has 206 valence electrons. The van der Waals surface area contributed by atoms with Crippen molar-refractivity contribution in [3.8, 4) is 0 Å². The van der Waals surface area contributed by atoms with Crippen LogP contribution in [-0.4, -0.2) is 30.8 Å². The van der Waals surface area contributed by atoms with E-state index in [9.17, 15) is 18.0 Å². The smallest absolute Gasteiger partial charge is 0.329 e. The third-order valence-corrected chi connectivity index (χ3v) is 7.89. The Bertz CT molecular complexity index is 1630. The molecule has 1 heterocycles. The van der Waals surface area contributed by atoms with Gasteiger partial charge < -0.3 is 9.73 Å². The molecular weight excluding hydrogens is 528 g/mol. The first kappa shape index (κ1) is 28.5. The lowest BCUT2D eigenvalue weighted by Crippen LogP contribution is -2.32. The molecule has 2 N–H and O–H groups in total. The van der Waals surface area contributed by atoms with Crippen molar-refractivity contribution in [2.24, 2.45) is 5.10 Å². The van der Waals surface area contributed by atoms with Gasteiger partial charge in [0.15, 0.2) is 0 Å². The van der Waals surface area contributed by atoms with E-state index >= 15 is 0 Å². The summed E-state index contributed by atoms with van der Waals surface area (Å²) >= 11 is 0. The quantitative estimate of drug-likeness (QED) is 0.175. The van der Waals surface area contributed by atoms with E-state index < -0.39 is 21.8 Å². The Morgan fingerprint density at radius 3 is 2.27 bits per heavy atom. The second-order valence-corrected chi connectivity index (χ2v) is 11.3. The Balaban J connectivity index is 1.43. The average molecular weight is 559 g/mol. The van der Waals surface area contributed by atoms with E-state index in [0.29, 0.717) is 11.4 Å². The zero-order chi connectivity index (χ0) is 28.7. The molecule has 0 saturated carbocycles. The average Bonchev–Trinajstić information content (AvgIpc) is 3.38. The molecule has 0 atom stereocenters. The lowest BCUT2D eigenvalue weighted by Gasteiger charge is -2.21. The monoisotopic (exact) mass is 558 g/mol. The number of nitrogens with zero attached hydrogens (tertiary/aromatic N) is 2. The summed E-state index contributed by atoms with van der Waals surface area (Å²) in [6.07, 6.45) is 1.24. The Labute approximate surface area is 233 Å². The number of rotatable bonds is 9. The molecule has 3 aromatic carbocycles. The Morgan fingerprint density at radius 1 is 0.850 bits per heavy atom. The summed E-state index contributed by atoms with van der Waals surface area (Å²) in [7, 11) is -3.84. The number of aryl methyl sites for hydroxylation is 3. The van der Waals surface area contributed by atoms with Gasteiger partial charge in [0.05, 0.1) is 17.7 Å². The normalized spacial score (nSPS) is 11.6. The Kier molecular flexibility index (Phi) is 8.93. The molecule has 0 aliphatic rings. The molecule has 40 heavy (non-hydrogen) atoms. The van der Waals surface area contributed by atoms with Crippen LogP contribution >= 0.6 is 0 Å². The molecule has 0 fully saturated rings. The summed E-state index contributed by atoms with van der Waals surface area (Å²) in [5.74, 6) is -1.14. The number of hydrazone groups is 1. The van der Waals surface area contributed by atoms with Crippen LogP contribution in [0.5, 0.6) is 0 Å². The van der Waals surface area contributed by atoms with E-state index in [4.69, 9.17) is 4.42 Å². The van der Waals surface area contributed by atoms with Crippen LogP contribution in [0.2, 0.25) is 0 Å². The molecule has 0 bridgehead atoms. The number of sulfonamides is 1. The topological polar surface area (TPSA) is 121 Å². The number of benzene rings is 3. The predicted octanol–water partition coefficient (Wildman–Crippen LogP) is 4.68. The molecule has 2 amide bonds. The summed E-state index contributed by atoms with van der Waals surface area (Å²) in [5, 5.41) is 6.36. The Morgan fingerprint density at radius 2 is 1.55 bits per heavy atom. The van der Waals surface area contributed by atoms with Crippen LogP contribution in [0, 0.1) is 20.8 Å². The number of anilines is 1. The largest absolute Gasteiger partial charge is 0.459 e. The highest BCUT2D eigenvalue weighted by Gasteiger charge is 2.26. The van der Waals surface area contributed by atoms with Gasteiger partial charge in [0.2, 0.25) is 10.0 Å². The van der Waals surface area contributed by atoms with Gasteiger partial charge in [-0.1, -0.05) is 60.2 Å². The molecule has 0 unspecified atom stereocenters. The molecule has 0 radical (unpaired) electrons. The number of furan rings is 1. The highest BCUT2D eigenvalue weighted by molar-refractivity contribution is 7.89. The van der Waals surface area contributed by atoms with Gasteiger partial charge in [-0.05, 0) is 67.8 Å². The summed E-state index contributed by atoms with van der Waals surface area (Å²) < 4.78 is 34.1. The fraction of sp³-hybridized carbons (Fsp3) is 0.167. The molecule has 0 saturated heterocycles. The minimum Gasteiger partial charge on any atom is -0.459 e. The SMILES string of the molecule is Cc1ccc(S(=O)(=O)N(Cc2ccccc2)Cc2ccc(/C=N/NC(=O)C(=O)Nc3cc(C)ccc3C)o2)cc1. The van der Waals surface area contributed by atoms with E-state index in [-0.39, 0.29) is 23.7 Å². The van der Waals surface area contributed by atoms with Crippen molar-refractivity contribution in [3.05, 3.63) is 119 Å². The van der Waals surface area contributed by atoms with Crippen LogP contribution in [-0.2, 0) is 32.7 Å². The van der Waals surface area contributed by atoms with Gasteiger partial charge in [0, 0.05) is 12.2 Å². The molecule has 4 rings (SSSR count). The Hall–Kier alpha value is -4.54. The van der Waals surface area contributed by atoms with E-state index in [0.717, 1.165) is 22.3 Å². The molecule has 0 spiro atoms. The molecular formula is C30H30N4O5S. The predicted molar refractivity (Wildman–Crippen MR) is 153 cm³/mol. The molecule has 10 heteroatoms. The van der Waals surface area contributed by atoms with E-state index in [2.05, 4.69) is 15.8 Å². The van der Waals surface area contributed by atoms with Crippen molar-refractivity contribution in [2.75, 3.05) is 5.32 Å². The maximum absolute atomic E-state index is 13.5. The molecule has 4 aromatic rings. The summed E-state index contributed by atoms with van der Waals surface area (Å²) in [5.41, 5.74) is 6.27. The van der Waals surface area contributed by atoms with Gasteiger partial charge in [-0.25, -0.2) is 13.8 Å². The second kappa shape index (κ2) is 12.5. The van der Waals surface area contributed by atoms with Gasteiger partial charge in [-0.2, -0.15) is 9.41 Å². The third kappa shape index (κ3) is 7.31. The van der Waals surface area contributed by atoms with Crippen molar-refractivity contribution in [3.63, 3.8) is 0 Å². The van der Waals surface area contributed by atoms with E-state index in [1.165, 1.54) is 10.5 Å². The third-order valence-electron chi connectivity index (χ3n) is 6.08. The van der Waals surface area contributed by atoms with Gasteiger partial charge in [0.1, 0.15) is 11.5 Å². The maximum atomic E-state index is 13.5. The van der Waals surface area contributed by atoms with Crippen LogP contribution in [0.4, 0.5) is 5.69 Å². The maximum Gasteiger partial charge on any atom is 0.329 e. The fourth-order valence-electron chi connectivity index (χ4n) is 3.85. The lowest BCUT2D eigenvalue weighted by molar-refractivity contribution is -0.136. The van der Waals surface area contributed by atoms with Gasteiger partial charge in [-0.3, -0.25) is 9.59 Å². The minimum absolute atomic E-state index is 0.0243. The fourth-order valence-corrected chi connectivity index (χ4v) is 5.24. The van der Waals surface area contributed by atoms with Crippen LogP contribution < -0.4 is 10.7 Å². The number of hydrogen-bond donors (Lipinski definition) is 2. The lowest BCUT2D eigenvalue weighted by atomic mass is 10.1. The van der Waals surface area contributed by atoms with Crippen molar-refractivity contribution in [1.82, 2.24) is 9.73 Å². The first-order valence-electron chi connectivity index (χ1n) is 12.5. The minimum atomic E-state index is -3.84. The first-order chi connectivity index (χ1) is 19.1. The van der Waals surface area contributed by atoms with Gasteiger partial charge in [0.25, 0.3) is 0 Å². The first-order valence-corrected chi connectivity index (χ1v) is 14.0. The van der Waals surface area contributed by atoms with Crippen LogP contribution in [0.1, 0.15) is 33.8 Å². The van der Waals surface area contributed by atoms with Gasteiger partial charge in [-0.15, -0.1) is 0 Å². The molecule has 0 aliphatic carbocycles. The van der Waals surface area contributed by atoms with Crippen LogP contribution in [0.3, 0.4) is 0 Å². The number of carbonyl (C=O) groups excluding carboxylic acids is 2. The highest BCUT2D eigenvalue weighted by atomic mass is 32.2. The standard InChI is InChI=1S/C30H30N4O5S/c1-21-10-15-27(16-11-21)40(37,38)34(19-24-7-5-4-6-8-24)20-26-14-13-25(39-26)18-31-33-30(36)29(35)32-28-17-22(2)9-12-23(28)3/h4-18H,19-20H2,1-3H3,(H,32,35)(H,33,36)/b31-18+. The molecule has 1 aromatic heterocycles. The number of amides is 2. The molecule has 0 aliphatic heterocycles. The summed E-state index contributed by atoms with van der Waals surface area (Å²) in [6, 6.07) is 24.7. The van der Waals surface area contributed by atoms with Crippen LogP contribution in [0.25, 0.3) is 0 Å². The van der Waals surface area contributed by atoms with E-state index in [1.54, 1.807) is 42.5 Å². The summed E-state index contributed by atoms with van der Waals surface area (Å²) in [6.45, 7) is 5.72. The van der Waals surface area contributed by atoms with Gasteiger partial charge >= 0.3 is 11.8 Å². The second-order valence-electron chi connectivity index (χ2n) is 9.35. The zero-order valence-electron chi connectivity index (χ0n) is 22.4. The van der Waals surface area contributed by atoms with E-state index in [1.807, 2.05) is 63.2 Å². The van der Waals surface area contributed by atoms with Crippen LogP contribution in [0.15, 0.2) is 99.3 Å². The number of nitrogens with one attached hydrogen (secondary N) is 2. The summed E-state index contributed by atoms with van der Waals surface area (Å²) in [4.78, 5) is 24.6. The van der Waals surface area contributed by atoms with Crippen molar-refractivity contribution < 1.29 is 22.4 Å². The number of hydrogen-bond acceptors (Lipinski definition) is 6. The van der Waals surface area contributed by atoms with Crippen molar-refractivity contribution >= 4 is 33.7 Å². The van der Waals surface area contributed by atoms with Crippen molar-refractivity contribution in [2.45, 2.75) is 38.8 Å².